The minimum Gasteiger partial charge on any atom is -0.299 e. The van der Waals surface area contributed by atoms with Gasteiger partial charge in [0, 0.05) is 6.54 Å². The minimum absolute atomic E-state index is 0.0950. The van der Waals surface area contributed by atoms with Crippen molar-refractivity contribution in [2.45, 2.75) is 33.2 Å². The third-order valence-electron chi connectivity index (χ3n) is 3.88. The average molecular weight is 228 g/mol. The molecule has 0 radical (unpaired) electrons. The van der Waals surface area contributed by atoms with E-state index in [9.17, 15) is 0 Å². The molecule has 0 spiro atoms. The summed E-state index contributed by atoms with van der Waals surface area (Å²) in [4.78, 5) is 2.46. The average Bonchev–Trinajstić information content (AvgIpc) is 2.35. The lowest BCUT2D eigenvalue weighted by Crippen LogP contribution is -2.37. The molecule has 2 nitrogen and oxygen atoms in total. The molecule has 1 aromatic carbocycles. The van der Waals surface area contributed by atoms with Crippen molar-refractivity contribution in [1.29, 1.82) is 5.26 Å². The van der Waals surface area contributed by atoms with Crippen LogP contribution in [0.3, 0.4) is 0 Å². The molecule has 1 saturated heterocycles. The molecule has 0 amide bonds. The van der Waals surface area contributed by atoms with Gasteiger partial charge in [-0.3, -0.25) is 4.90 Å². The van der Waals surface area contributed by atoms with E-state index < -0.39 is 0 Å². The van der Waals surface area contributed by atoms with Gasteiger partial charge in [0.15, 0.2) is 0 Å². The second kappa shape index (κ2) is 4.89. The summed E-state index contributed by atoms with van der Waals surface area (Å²) < 4.78 is 0. The maximum absolute atomic E-state index is 9.10. The number of benzene rings is 1. The van der Waals surface area contributed by atoms with Gasteiger partial charge in [0.2, 0.25) is 0 Å². The fourth-order valence-electron chi connectivity index (χ4n) is 2.34. The van der Waals surface area contributed by atoms with E-state index in [0.29, 0.717) is 0 Å². The van der Waals surface area contributed by atoms with Crippen molar-refractivity contribution >= 4 is 0 Å². The number of nitriles is 1. The van der Waals surface area contributed by atoms with Crippen molar-refractivity contribution in [2.75, 3.05) is 13.1 Å². The summed E-state index contributed by atoms with van der Waals surface area (Å²) in [5.74, 6) is 0. The number of aryl methyl sites for hydroxylation is 1. The van der Waals surface area contributed by atoms with E-state index >= 15 is 0 Å². The lowest BCUT2D eigenvalue weighted by Gasteiger charge is -2.35. The van der Waals surface area contributed by atoms with Crippen LogP contribution in [0.1, 0.15) is 30.9 Å². The molecule has 1 aliphatic heterocycles. The lowest BCUT2D eigenvalue weighted by molar-refractivity contribution is 0.150. The van der Waals surface area contributed by atoms with Crippen molar-refractivity contribution < 1.29 is 0 Å². The quantitative estimate of drug-likeness (QED) is 0.777. The first-order valence-electron chi connectivity index (χ1n) is 6.31. The highest BCUT2D eigenvalue weighted by atomic mass is 15.1. The largest absolute Gasteiger partial charge is 0.299 e. The van der Waals surface area contributed by atoms with Crippen LogP contribution in [0, 0.1) is 23.7 Å². The molecule has 2 heteroatoms. The van der Waals surface area contributed by atoms with Crippen LogP contribution in [0.5, 0.6) is 0 Å². The molecular formula is C15H20N2. The number of rotatable bonds is 2. The summed E-state index contributed by atoms with van der Waals surface area (Å²) in [6.07, 6.45) is 1.99. The number of hydrogen-bond acceptors (Lipinski definition) is 2. The molecule has 1 fully saturated rings. The van der Waals surface area contributed by atoms with Gasteiger partial charge < -0.3 is 0 Å². The SMILES string of the molecule is Cc1ccccc1CN1CCC(C)(C#N)CC1. The Kier molecular flexibility index (Phi) is 3.49. The number of likely N-dealkylation sites (tertiary alicyclic amines) is 1. The van der Waals surface area contributed by atoms with Crippen LogP contribution in [-0.2, 0) is 6.54 Å². The molecule has 1 heterocycles. The van der Waals surface area contributed by atoms with E-state index in [1.165, 1.54) is 11.1 Å². The molecule has 0 aliphatic carbocycles. The Hall–Kier alpha value is -1.33. The van der Waals surface area contributed by atoms with Gasteiger partial charge in [0.25, 0.3) is 0 Å². The van der Waals surface area contributed by atoms with Crippen molar-refractivity contribution in [3.05, 3.63) is 35.4 Å². The van der Waals surface area contributed by atoms with Gasteiger partial charge >= 0.3 is 0 Å². The van der Waals surface area contributed by atoms with E-state index in [4.69, 9.17) is 5.26 Å². The predicted octanol–water partition coefficient (Wildman–Crippen LogP) is 3.12. The molecular weight excluding hydrogens is 208 g/mol. The van der Waals surface area contributed by atoms with E-state index in [2.05, 4.69) is 49.1 Å². The molecule has 2 rings (SSSR count). The first-order valence-corrected chi connectivity index (χ1v) is 6.31. The molecule has 17 heavy (non-hydrogen) atoms. The van der Waals surface area contributed by atoms with E-state index in [0.717, 1.165) is 32.5 Å². The molecule has 0 bridgehead atoms. The summed E-state index contributed by atoms with van der Waals surface area (Å²) in [5, 5.41) is 9.10. The zero-order chi connectivity index (χ0) is 12.3. The Labute approximate surface area is 104 Å². The standard InChI is InChI=1S/C15H20N2/c1-13-5-3-4-6-14(13)11-17-9-7-15(2,12-16)8-10-17/h3-6H,7-11H2,1-2H3. The van der Waals surface area contributed by atoms with Crippen LogP contribution in [0.2, 0.25) is 0 Å². The van der Waals surface area contributed by atoms with Crippen LogP contribution >= 0.6 is 0 Å². The summed E-state index contributed by atoms with van der Waals surface area (Å²) in [7, 11) is 0. The van der Waals surface area contributed by atoms with Crippen molar-refractivity contribution in [2.24, 2.45) is 5.41 Å². The second-order valence-electron chi connectivity index (χ2n) is 5.38. The molecule has 1 aromatic rings. The zero-order valence-corrected chi connectivity index (χ0v) is 10.7. The molecule has 0 unspecified atom stereocenters. The maximum Gasteiger partial charge on any atom is 0.0687 e. The van der Waals surface area contributed by atoms with Gasteiger partial charge in [0.05, 0.1) is 11.5 Å². The Bertz CT molecular complexity index is 423. The Balaban J connectivity index is 1.95. The van der Waals surface area contributed by atoms with Crippen molar-refractivity contribution in [3.8, 4) is 6.07 Å². The van der Waals surface area contributed by atoms with Crippen LogP contribution in [-0.4, -0.2) is 18.0 Å². The molecule has 0 saturated carbocycles. The number of nitrogens with zero attached hydrogens (tertiary/aromatic N) is 2. The number of piperidine rings is 1. The highest BCUT2D eigenvalue weighted by molar-refractivity contribution is 5.25. The zero-order valence-electron chi connectivity index (χ0n) is 10.7. The molecule has 1 aliphatic rings. The van der Waals surface area contributed by atoms with Crippen molar-refractivity contribution in [3.63, 3.8) is 0 Å². The Morgan fingerprint density at radius 1 is 1.29 bits per heavy atom. The predicted molar refractivity (Wildman–Crippen MR) is 69.4 cm³/mol. The van der Waals surface area contributed by atoms with Gasteiger partial charge in [-0.05, 0) is 50.9 Å². The topological polar surface area (TPSA) is 27.0 Å². The van der Waals surface area contributed by atoms with Gasteiger partial charge in [0.1, 0.15) is 0 Å². The van der Waals surface area contributed by atoms with Gasteiger partial charge in [-0.15, -0.1) is 0 Å². The Morgan fingerprint density at radius 3 is 2.53 bits per heavy atom. The lowest BCUT2D eigenvalue weighted by atomic mass is 9.82. The second-order valence-corrected chi connectivity index (χ2v) is 5.38. The smallest absolute Gasteiger partial charge is 0.0687 e. The normalized spacial score (nSPS) is 19.8. The molecule has 90 valence electrons. The fraction of sp³-hybridized carbons (Fsp3) is 0.533. The first-order chi connectivity index (χ1) is 8.13. The number of hydrogen-bond donors (Lipinski definition) is 0. The summed E-state index contributed by atoms with van der Waals surface area (Å²) >= 11 is 0. The Morgan fingerprint density at radius 2 is 1.94 bits per heavy atom. The van der Waals surface area contributed by atoms with E-state index in [-0.39, 0.29) is 5.41 Å². The van der Waals surface area contributed by atoms with E-state index in [1.807, 2.05) is 0 Å². The summed E-state index contributed by atoms with van der Waals surface area (Å²) in [6, 6.07) is 11.0. The first kappa shape index (κ1) is 12.1. The van der Waals surface area contributed by atoms with Crippen LogP contribution in [0.25, 0.3) is 0 Å². The minimum atomic E-state index is -0.0950. The van der Waals surface area contributed by atoms with Gasteiger partial charge in [-0.2, -0.15) is 5.26 Å². The molecule has 0 aromatic heterocycles. The van der Waals surface area contributed by atoms with E-state index in [1.54, 1.807) is 0 Å². The molecule has 0 atom stereocenters. The van der Waals surface area contributed by atoms with Crippen LogP contribution in [0.15, 0.2) is 24.3 Å². The van der Waals surface area contributed by atoms with Crippen molar-refractivity contribution in [1.82, 2.24) is 4.90 Å². The van der Waals surface area contributed by atoms with Gasteiger partial charge in [-0.1, -0.05) is 24.3 Å². The van der Waals surface area contributed by atoms with Crippen LogP contribution in [0.4, 0.5) is 0 Å². The summed E-state index contributed by atoms with van der Waals surface area (Å²) in [6.45, 7) is 7.35. The van der Waals surface area contributed by atoms with Gasteiger partial charge in [-0.25, -0.2) is 0 Å². The van der Waals surface area contributed by atoms with Crippen LogP contribution < -0.4 is 0 Å². The highest BCUT2D eigenvalue weighted by Gasteiger charge is 2.29. The fourth-order valence-corrected chi connectivity index (χ4v) is 2.34. The molecule has 0 N–H and O–H groups in total. The highest BCUT2D eigenvalue weighted by Crippen LogP contribution is 2.30. The summed E-state index contributed by atoms with van der Waals surface area (Å²) in [5.41, 5.74) is 2.68. The third kappa shape index (κ3) is 2.87. The maximum atomic E-state index is 9.10. The third-order valence-corrected chi connectivity index (χ3v) is 3.88. The monoisotopic (exact) mass is 228 g/mol.